The van der Waals surface area contributed by atoms with E-state index < -0.39 is 0 Å². The molecule has 2 heterocycles. The van der Waals surface area contributed by atoms with Crippen LogP contribution in [0.5, 0.6) is 0 Å². The molecule has 1 aliphatic rings. The lowest BCUT2D eigenvalue weighted by molar-refractivity contribution is 0.167. The SMILES string of the molecule is BrCC1CCCCN1CCc1ccsc1. The van der Waals surface area contributed by atoms with Gasteiger partial charge in [0.25, 0.3) is 0 Å². The van der Waals surface area contributed by atoms with Gasteiger partial charge in [0.05, 0.1) is 0 Å². The molecule has 0 aromatic carbocycles. The molecule has 1 aromatic rings. The number of hydrogen-bond donors (Lipinski definition) is 0. The predicted molar refractivity (Wildman–Crippen MR) is 71.0 cm³/mol. The minimum Gasteiger partial charge on any atom is -0.299 e. The van der Waals surface area contributed by atoms with Crippen LogP contribution < -0.4 is 0 Å². The second-order valence-electron chi connectivity index (χ2n) is 4.22. The average Bonchev–Trinajstić information content (AvgIpc) is 2.79. The molecular formula is C12H18BrNS. The van der Waals surface area contributed by atoms with E-state index in [1.54, 1.807) is 11.3 Å². The Morgan fingerprint density at radius 2 is 2.40 bits per heavy atom. The lowest BCUT2D eigenvalue weighted by Gasteiger charge is -2.34. The quantitative estimate of drug-likeness (QED) is 0.766. The van der Waals surface area contributed by atoms with Crippen LogP contribution in [0.15, 0.2) is 16.8 Å². The Bertz CT molecular complexity index is 273. The summed E-state index contributed by atoms with van der Waals surface area (Å²) in [5.41, 5.74) is 1.50. The van der Waals surface area contributed by atoms with E-state index >= 15 is 0 Å². The van der Waals surface area contributed by atoms with E-state index in [1.165, 1.54) is 44.3 Å². The van der Waals surface area contributed by atoms with Gasteiger partial charge in [0, 0.05) is 17.9 Å². The van der Waals surface area contributed by atoms with E-state index in [1.807, 2.05) is 0 Å². The molecule has 0 bridgehead atoms. The molecule has 1 fully saturated rings. The van der Waals surface area contributed by atoms with Crippen molar-refractivity contribution in [2.24, 2.45) is 0 Å². The molecule has 1 unspecified atom stereocenters. The zero-order valence-electron chi connectivity index (χ0n) is 8.99. The average molecular weight is 288 g/mol. The number of halogens is 1. The fourth-order valence-electron chi connectivity index (χ4n) is 2.24. The molecule has 0 aliphatic carbocycles. The van der Waals surface area contributed by atoms with E-state index in [0.29, 0.717) is 0 Å². The second kappa shape index (κ2) is 6.02. The van der Waals surface area contributed by atoms with E-state index in [9.17, 15) is 0 Å². The number of thiophene rings is 1. The first-order valence-corrected chi connectivity index (χ1v) is 7.77. The zero-order chi connectivity index (χ0) is 10.5. The number of rotatable bonds is 4. The molecule has 1 atom stereocenters. The van der Waals surface area contributed by atoms with Gasteiger partial charge in [-0.25, -0.2) is 0 Å². The highest BCUT2D eigenvalue weighted by atomic mass is 79.9. The monoisotopic (exact) mass is 287 g/mol. The molecule has 1 aromatic heterocycles. The first-order chi connectivity index (χ1) is 7.40. The molecule has 0 amide bonds. The van der Waals surface area contributed by atoms with Gasteiger partial charge < -0.3 is 0 Å². The van der Waals surface area contributed by atoms with Crippen LogP contribution in [0.1, 0.15) is 24.8 Å². The Morgan fingerprint density at radius 3 is 3.13 bits per heavy atom. The number of piperidine rings is 1. The van der Waals surface area contributed by atoms with Crippen LogP contribution >= 0.6 is 27.3 Å². The third-order valence-corrected chi connectivity index (χ3v) is 4.67. The van der Waals surface area contributed by atoms with Crippen LogP contribution in [0.4, 0.5) is 0 Å². The number of hydrogen-bond acceptors (Lipinski definition) is 2. The van der Waals surface area contributed by atoms with Gasteiger partial charge in [-0.15, -0.1) is 0 Å². The molecule has 3 heteroatoms. The summed E-state index contributed by atoms with van der Waals surface area (Å²) in [6.45, 7) is 2.52. The van der Waals surface area contributed by atoms with Gasteiger partial charge in [0.1, 0.15) is 0 Å². The van der Waals surface area contributed by atoms with Crippen LogP contribution in [0, 0.1) is 0 Å². The highest BCUT2D eigenvalue weighted by Crippen LogP contribution is 2.19. The van der Waals surface area contributed by atoms with Crippen molar-refractivity contribution in [1.29, 1.82) is 0 Å². The molecule has 1 nitrogen and oxygen atoms in total. The van der Waals surface area contributed by atoms with Crippen molar-refractivity contribution in [3.63, 3.8) is 0 Å². The Balaban J connectivity index is 1.81. The van der Waals surface area contributed by atoms with E-state index in [2.05, 4.69) is 37.7 Å². The third-order valence-electron chi connectivity index (χ3n) is 3.19. The summed E-state index contributed by atoms with van der Waals surface area (Å²) < 4.78 is 0. The highest BCUT2D eigenvalue weighted by molar-refractivity contribution is 9.09. The summed E-state index contributed by atoms with van der Waals surface area (Å²) in [5, 5.41) is 5.58. The van der Waals surface area contributed by atoms with Crippen molar-refractivity contribution in [3.8, 4) is 0 Å². The molecular weight excluding hydrogens is 270 g/mol. The Hall–Kier alpha value is 0.140. The van der Waals surface area contributed by atoms with E-state index in [-0.39, 0.29) is 0 Å². The van der Waals surface area contributed by atoms with Gasteiger partial charge in [-0.3, -0.25) is 4.90 Å². The molecule has 0 radical (unpaired) electrons. The van der Waals surface area contributed by atoms with E-state index in [0.717, 1.165) is 11.4 Å². The fourth-order valence-corrected chi connectivity index (χ4v) is 3.67. The molecule has 2 rings (SSSR count). The van der Waals surface area contributed by atoms with Crippen LogP contribution in [-0.2, 0) is 6.42 Å². The minimum atomic E-state index is 0.775. The molecule has 84 valence electrons. The lowest BCUT2D eigenvalue weighted by atomic mass is 10.0. The van der Waals surface area contributed by atoms with Crippen LogP contribution in [0.25, 0.3) is 0 Å². The van der Waals surface area contributed by atoms with E-state index in [4.69, 9.17) is 0 Å². The van der Waals surface area contributed by atoms with Crippen molar-refractivity contribution in [2.75, 3.05) is 18.4 Å². The third kappa shape index (κ3) is 3.30. The maximum atomic E-state index is 3.63. The lowest BCUT2D eigenvalue weighted by Crippen LogP contribution is -2.41. The number of nitrogens with zero attached hydrogens (tertiary/aromatic N) is 1. The van der Waals surface area contributed by atoms with Crippen molar-refractivity contribution < 1.29 is 0 Å². The van der Waals surface area contributed by atoms with Gasteiger partial charge in [0.2, 0.25) is 0 Å². The smallest absolute Gasteiger partial charge is 0.0192 e. The number of likely N-dealkylation sites (tertiary alicyclic amines) is 1. The first-order valence-electron chi connectivity index (χ1n) is 5.71. The zero-order valence-corrected chi connectivity index (χ0v) is 11.4. The molecule has 15 heavy (non-hydrogen) atoms. The predicted octanol–water partition coefficient (Wildman–Crippen LogP) is 3.54. The first kappa shape index (κ1) is 11.6. The van der Waals surface area contributed by atoms with Crippen LogP contribution in [0.2, 0.25) is 0 Å². The second-order valence-corrected chi connectivity index (χ2v) is 5.65. The van der Waals surface area contributed by atoms with Crippen LogP contribution in [-0.4, -0.2) is 29.4 Å². The Morgan fingerprint density at radius 1 is 1.47 bits per heavy atom. The maximum Gasteiger partial charge on any atom is 0.0192 e. The minimum absolute atomic E-state index is 0.775. The Labute approximate surface area is 105 Å². The van der Waals surface area contributed by atoms with Gasteiger partial charge in [0.15, 0.2) is 0 Å². The van der Waals surface area contributed by atoms with Crippen molar-refractivity contribution in [1.82, 2.24) is 4.90 Å². The van der Waals surface area contributed by atoms with Crippen molar-refractivity contribution in [3.05, 3.63) is 22.4 Å². The standard InChI is InChI=1S/C12H18BrNS/c13-9-12-3-1-2-6-14(12)7-4-11-5-8-15-10-11/h5,8,10,12H,1-4,6-7,9H2. The molecule has 0 spiro atoms. The Kier molecular flexibility index (Phi) is 4.66. The summed E-state index contributed by atoms with van der Waals surface area (Å²) in [7, 11) is 0. The number of alkyl halides is 1. The fraction of sp³-hybridized carbons (Fsp3) is 0.667. The highest BCUT2D eigenvalue weighted by Gasteiger charge is 2.20. The summed E-state index contributed by atoms with van der Waals surface area (Å²) in [4.78, 5) is 2.65. The van der Waals surface area contributed by atoms with Crippen LogP contribution in [0.3, 0.4) is 0 Å². The van der Waals surface area contributed by atoms with Gasteiger partial charge in [-0.2, -0.15) is 11.3 Å². The normalized spacial score (nSPS) is 23.1. The molecule has 1 aliphatic heterocycles. The molecule has 0 saturated carbocycles. The molecule has 1 saturated heterocycles. The van der Waals surface area contributed by atoms with Gasteiger partial charge in [-0.05, 0) is 48.2 Å². The molecule has 0 N–H and O–H groups in total. The van der Waals surface area contributed by atoms with Gasteiger partial charge >= 0.3 is 0 Å². The van der Waals surface area contributed by atoms with Gasteiger partial charge in [-0.1, -0.05) is 22.4 Å². The van der Waals surface area contributed by atoms with Crippen molar-refractivity contribution >= 4 is 27.3 Å². The largest absolute Gasteiger partial charge is 0.299 e. The van der Waals surface area contributed by atoms with Crippen molar-refractivity contribution in [2.45, 2.75) is 31.7 Å². The summed E-state index contributed by atoms with van der Waals surface area (Å²) in [5.74, 6) is 0. The summed E-state index contributed by atoms with van der Waals surface area (Å²) in [6.07, 6.45) is 5.38. The topological polar surface area (TPSA) is 3.24 Å². The maximum absolute atomic E-state index is 3.63. The summed E-state index contributed by atoms with van der Waals surface area (Å²) >= 11 is 5.44. The summed E-state index contributed by atoms with van der Waals surface area (Å²) in [6, 6.07) is 3.02.